The number of ether oxygens (including phenoxy) is 1. The third-order valence-electron chi connectivity index (χ3n) is 6.60. The molecule has 0 aliphatic carbocycles. The van der Waals surface area contributed by atoms with Gasteiger partial charge in [0.15, 0.2) is 13.4 Å². The summed E-state index contributed by atoms with van der Waals surface area (Å²) in [6, 6.07) is 5.52. The molecular weight excluding hydrogens is 528 g/mol. The molecule has 1 aromatic carbocycles. The van der Waals surface area contributed by atoms with Gasteiger partial charge in [-0.05, 0) is 57.6 Å². The monoisotopic (exact) mass is 564 g/mol. The van der Waals surface area contributed by atoms with E-state index in [1.54, 1.807) is 6.92 Å². The van der Waals surface area contributed by atoms with E-state index in [0.717, 1.165) is 6.42 Å². The van der Waals surface area contributed by atoms with Crippen LogP contribution in [0.15, 0.2) is 29.3 Å². The van der Waals surface area contributed by atoms with E-state index in [1.807, 2.05) is 18.7 Å². The predicted molar refractivity (Wildman–Crippen MR) is 147 cm³/mol. The number of carbonyl (C=O) groups excluding carboxylic acids is 3. The number of nitro benzene ring substituents is 1. The lowest BCUT2D eigenvalue weighted by Gasteiger charge is -2.44. The van der Waals surface area contributed by atoms with Crippen LogP contribution in [-0.4, -0.2) is 71.6 Å². The molecule has 208 valence electrons. The minimum absolute atomic E-state index is 0.0316. The zero-order chi connectivity index (χ0) is 28.2. The quantitative estimate of drug-likeness (QED) is 0.118. The molecule has 11 nitrogen and oxygen atoms in total. The van der Waals surface area contributed by atoms with E-state index in [-0.39, 0.29) is 52.5 Å². The van der Waals surface area contributed by atoms with E-state index in [9.17, 15) is 24.5 Å². The van der Waals surface area contributed by atoms with Gasteiger partial charge < -0.3 is 19.4 Å². The first-order chi connectivity index (χ1) is 17.7. The fourth-order valence-corrected chi connectivity index (χ4v) is 7.05. The zero-order valence-electron chi connectivity index (χ0n) is 22.6. The minimum atomic E-state index is -1.82. The molecule has 0 bridgehead atoms. The molecule has 38 heavy (non-hydrogen) atoms. The Labute approximate surface area is 228 Å². The molecule has 13 heteroatoms. The van der Waals surface area contributed by atoms with Crippen molar-refractivity contribution in [2.24, 2.45) is 16.8 Å². The van der Waals surface area contributed by atoms with Crippen LogP contribution in [-0.2, 0) is 25.4 Å². The highest BCUT2D eigenvalue weighted by Gasteiger charge is 2.49. The third kappa shape index (κ3) is 7.87. The normalized spacial score (nSPS) is 23.3. The summed E-state index contributed by atoms with van der Waals surface area (Å²) in [5.74, 6) is -0.225. The number of nitrogens with zero attached hydrogens (tertiary/aromatic N) is 3. The second-order valence-corrected chi connectivity index (χ2v) is 16.5. The van der Waals surface area contributed by atoms with Crippen molar-refractivity contribution in [3.05, 3.63) is 39.9 Å². The molecule has 1 aromatic rings. The van der Waals surface area contributed by atoms with Gasteiger partial charge >= 0.3 is 6.09 Å². The summed E-state index contributed by atoms with van der Waals surface area (Å²) in [4.78, 5) is 53.6. The van der Waals surface area contributed by atoms with Crippen LogP contribution in [0.2, 0.25) is 19.6 Å². The van der Waals surface area contributed by atoms with Crippen molar-refractivity contribution < 1.29 is 28.5 Å². The van der Waals surface area contributed by atoms with Gasteiger partial charge in [0.25, 0.3) is 5.69 Å². The number of aliphatic imine (C=N–C) groups is 1. The molecule has 5 atom stereocenters. The highest BCUT2D eigenvalue weighted by atomic mass is 32.2. The fraction of sp³-hybridized carbons (Fsp3) is 0.600. The number of non-ortho nitro benzene ring substituents is 1. The average Bonchev–Trinajstić information content (AvgIpc) is 3.28. The first-order valence-corrected chi connectivity index (χ1v) is 16.9. The third-order valence-corrected chi connectivity index (χ3v) is 9.00. The number of amides is 2. The van der Waals surface area contributed by atoms with Crippen molar-refractivity contribution in [1.29, 1.82) is 0 Å². The summed E-state index contributed by atoms with van der Waals surface area (Å²) in [6.07, 6.45) is -0.214. The number of hydrogen-bond donors (Lipinski definition) is 1. The highest BCUT2D eigenvalue weighted by molar-refractivity contribution is 8.14. The number of thioether (sulfide) groups is 1. The van der Waals surface area contributed by atoms with Gasteiger partial charge in [-0.2, -0.15) is 4.99 Å². The highest BCUT2D eigenvalue weighted by Crippen LogP contribution is 2.33. The molecule has 0 unspecified atom stereocenters. The van der Waals surface area contributed by atoms with Gasteiger partial charge in [0, 0.05) is 36.4 Å². The van der Waals surface area contributed by atoms with Crippen molar-refractivity contribution in [2.45, 2.75) is 70.8 Å². The Morgan fingerprint density at radius 1 is 1.26 bits per heavy atom. The maximum atomic E-state index is 13.0. The van der Waals surface area contributed by atoms with Gasteiger partial charge in [0.05, 0.1) is 23.0 Å². The number of β-lactam (4-membered cyclic amide) rings is 1. The molecule has 1 N–H and O–H groups in total. The van der Waals surface area contributed by atoms with Crippen LogP contribution in [0.25, 0.3) is 0 Å². The van der Waals surface area contributed by atoms with E-state index in [0.29, 0.717) is 24.5 Å². The van der Waals surface area contributed by atoms with Crippen molar-refractivity contribution in [1.82, 2.24) is 10.2 Å². The fourth-order valence-electron chi connectivity index (χ4n) is 4.62. The zero-order valence-corrected chi connectivity index (χ0v) is 24.4. The lowest BCUT2D eigenvalue weighted by molar-refractivity contribution is -0.384. The molecule has 0 spiro atoms. The van der Waals surface area contributed by atoms with E-state index in [1.165, 1.54) is 36.0 Å². The maximum absolute atomic E-state index is 13.0. The van der Waals surface area contributed by atoms with E-state index in [2.05, 4.69) is 30.0 Å². The van der Waals surface area contributed by atoms with Gasteiger partial charge in [0.2, 0.25) is 5.91 Å². The van der Waals surface area contributed by atoms with Crippen LogP contribution in [0.1, 0.15) is 32.8 Å². The molecule has 2 saturated heterocycles. The Morgan fingerprint density at radius 2 is 1.92 bits per heavy atom. The molecule has 2 amide bonds. The maximum Gasteiger partial charge on any atom is 0.435 e. The summed E-state index contributed by atoms with van der Waals surface area (Å²) in [6.45, 7) is 12.9. The summed E-state index contributed by atoms with van der Waals surface area (Å²) < 4.78 is 11.3. The van der Waals surface area contributed by atoms with Crippen LogP contribution >= 0.6 is 11.8 Å². The second-order valence-electron chi connectivity index (χ2n) is 10.7. The molecular formula is C25H36N4O7SSi. The number of likely N-dealkylation sites (tertiary alicyclic amines) is 1. The molecule has 2 fully saturated rings. The average molecular weight is 565 g/mol. The van der Waals surface area contributed by atoms with E-state index in [4.69, 9.17) is 9.16 Å². The molecule has 2 aliphatic rings. The Hall–Kier alpha value is -2.77. The van der Waals surface area contributed by atoms with Crippen molar-refractivity contribution in [2.75, 3.05) is 13.1 Å². The van der Waals surface area contributed by atoms with E-state index < -0.39 is 19.3 Å². The SMILES string of the molecule is CC(=NC(=O)OCc1ccc([N+](=O)[O-])cc1)N1CC[C@H](SC(=O)[C@H](C)[C@@H]2NC(=O)[C@@H]2[C@@H](C)O[Si](C)(C)C)C1. The van der Waals surface area contributed by atoms with Gasteiger partial charge in [-0.3, -0.25) is 19.7 Å². The van der Waals surface area contributed by atoms with Gasteiger partial charge in [-0.1, -0.05) is 18.7 Å². The number of benzene rings is 1. The lowest BCUT2D eigenvalue weighted by atomic mass is 9.79. The molecule has 2 heterocycles. The van der Waals surface area contributed by atoms with Crippen LogP contribution in [0, 0.1) is 22.0 Å². The summed E-state index contributed by atoms with van der Waals surface area (Å²) in [5, 5.41) is 13.7. The Balaban J connectivity index is 1.46. The summed E-state index contributed by atoms with van der Waals surface area (Å²) in [7, 11) is -1.82. The number of nitro groups is 1. The standard InChI is InChI=1S/C25H36N4O7SSi/c1-15(22-21(23(30)27-22)16(2)36-38(4,5)6)24(31)37-20-11-12-28(13-20)17(3)26-25(32)35-14-18-7-9-19(10-8-18)29(33)34/h7-10,15-16,20-22H,11-14H2,1-6H3,(H,27,30)/t15-,16-,20+,21-,22+/m1/s1. The molecule has 3 rings (SSSR count). The van der Waals surface area contributed by atoms with E-state index >= 15 is 0 Å². The van der Waals surface area contributed by atoms with Gasteiger partial charge in [0.1, 0.15) is 12.4 Å². The number of rotatable bonds is 9. The Bertz CT molecular complexity index is 1090. The number of nitrogens with one attached hydrogen (secondary N) is 1. The van der Waals surface area contributed by atoms with Crippen molar-refractivity contribution in [3.8, 4) is 0 Å². The van der Waals surface area contributed by atoms with Gasteiger partial charge in [-0.15, -0.1) is 0 Å². The molecule has 2 aliphatic heterocycles. The molecule has 0 radical (unpaired) electrons. The molecule has 0 aromatic heterocycles. The van der Waals surface area contributed by atoms with Crippen LogP contribution < -0.4 is 5.32 Å². The largest absolute Gasteiger partial charge is 0.443 e. The van der Waals surface area contributed by atoms with Crippen molar-refractivity contribution in [3.63, 3.8) is 0 Å². The summed E-state index contributed by atoms with van der Waals surface area (Å²) in [5.41, 5.74) is 0.583. The van der Waals surface area contributed by atoms with Gasteiger partial charge in [-0.25, -0.2) is 4.79 Å². The first kappa shape index (κ1) is 29.8. The smallest absolute Gasteiger partial charge is 0.435 e. The second kappa shape index (κ2) is 12.4. The lowest BCUT2D eigenvalue weighted by Crippen LogP contribution is -2.66. The predicted octanol–water partition coefficient (Wildman–Crippen LogP) is 3.97. The minimum Gasteiger partial charge on any atom is -0.443 e. The van der Waals surface area contributed by atoms with Crippen LogP contribution in [0.3, 0.4) is 0 Å². The Morgan fingerprint density at radius 3 is 2.50 bits per heavy atom. The van der Waals surface area contributed by atoms with Crippen LogP contribution in [0.4, 0.5) is 10.5 Å². The topological polar surface area (TPSA) is 140 Å². The Kier molecular flexibility index (Phi) is 9.71. The number of hydrogen-bond acceptors (Lipinski definition) is 8. The van der Waals surface area contributed by atoms with Crippen molar-refractivity contribution >= 4 is 48.7 Å². The van der Waals surface area contributed by atoms with Crippen LogP contribution in [0.5, 0.6) is 0 Å². The number of carbonyl (C=O) groups is 3. The molecule has 0 saturated carbocycles. The summed E-state index contributed by atoms with van der Waals surface area (Å²) >= 11 is 1.29. The first-order valence-electron chi connectivity index (χ1n) is 12.6. The number of amidine groups is 1.